The molecule has 0 amide bonds. The summed E-state index contributed by atoms with van der Waals surface area (Å²) in [6.45, 7) is -0.339. The van der Waals surface area contributed by atoms with Gasteiger partial charge < -0.3 is 9.84 Å². The SMILES string of the molecule is COC(=O)c1ccc(C(CO)N=[N+]=[N-])nc1. The smallest absolute Gasteiger partial charge is 0.339 e. The van der Waals surface area contributed by atoms with Gasteiger partial charge in [0.1, 0.15) is 6.04 Å². The molecule has 0 saturated heterocycles. The monoisotopic (exact) mass is 222 g/mol. The normalized spacial score (nSPS) is 11.4. The Morgan fingerprint density at radius 1 is 1.75 bits per heavy atom. The molecule has 1 aromatic rings. The van der Waals surface area contributed by atoms with Gasteiger partial charge in [-0.1, -0.05) is 5.11 Å². The molecule has 0 aliphatic carbocycles. The van der Waals surface area contributed by atoms with Crippen LogP contribution in [0.25, 0.3) is 10.4 Å². The highest BCUT2D eigenvalue weighted by Gasteiger charge is 2.11. The molecule has 0 saturated carbocycles. The number of aliphatic hydroxyl groups excluding tert-OH is 1. The summed E-state index contributed by atoms with van der Waals surface area (Å²) in [4.78, 5) is 17.6. The van der Waals surface area contributed by atoms with E-state index in [0.29, 0.717) is 11.3 Å². The Kier molecular flexibility index (Phi) is 4.26. The molecule has 1 unspecified atom stereocenters. The molecule has 0 radical (unpaired) electrons. The number of aromatic nitrogens is 1. The maximum absolute atomic E-state index is 11.1. The number of nitrogens with zero attached hydrogens (tertiary/aromatic N) is 4. The van der Waals surface area contributed by atoms with Crippen molar-refractivity contribution < 1.29 is 14.6 Å². The highest BCUT2D eigenvalue weighted by molar-refractivity contribution is 5.88. The fourth-order valence-corrected chi connectivity index (χ4v) is 1.09. The molecule has 0 fully saturated rings. The van der Waals surface area contributed by atoms with Crippen LogP contribution in [0.15, 0.2) is 23.4 Å². The van der Waals surface area contributed by atoms with Gasteiger partial charge >= 0.3 is 5.97 Å². The summed E-state index contributed by atoms with van der Waals surface area (Å²) in [5, 5.41) is 12.3. The summed E-state index contributed by atoms with van der Waals surface area (Å²) in [6, 6.07) is 2.25. The minimum Gasteiger partial charge on any atom is -0.465 e. The second kappa shape index (κ2) is 5.69. The van der Waals surface area contributed by atoms with E-state index in [1.165, 1.54) is 25.4 Å². The van der Waals surface area contributed by atoms with Crippen LogP contribution in [-0.4, -0.2) is 29.8 Å². The molecular weight excluding hydrogens is 212 g/mol. The van der Waals surface area contributed by atoms with E-state index in [1.54, 1.807) is 0 Å². The average molecular weight is 222 g/mol. The number of pyridine rings is 1. The summed E-state index contributed by atoms with van der Waals surface area (Å²) >= 11 is 0. The first-order valence-corrected chi connectivity index (χ1v) is 4.42. The lowest BCUT2D eigenvalue weighted by Gasteiger charge is -2.06. The second-order valence-corrected chi connectivity index (χ2v) is 2.87. The van der Waals surface area contributed by atoms with Crippen LogP contribution < -0.4 is 0 Å². The number of hydrogen-bond donors (Lipinski definition) is 1. The van der Waals surface area contributed by atoms with Crippen molar-refractivity contribution in [3.63, 3.8) is 0 Å². The third kappa shape index (κ3) is 2.69. The molecule has 0 aliphatic rings. The lowest BCUT2D eigenvalue weighted by molar-refractivity contribution is 0.0600. The number of carbonyl (C=O) groups excluding carboxylic acids is 1. The number of rotatable bonds is 4. The number of ether oxygens (including phenoxy) is 1. The van der Waals surface area contributed by atoms with Crippen molar-refractivity contribution in [2.24, 2.45) is 5.11 Å². The van der Waals surface area contributed by atoms with Gasteiger partial charge in [-0.15, -0.1) is 0 Å². The van der Waals surface area contributed by atoms with E-state index in [0.717, 1.165) is 0 Å². The molecule has 84 valence electrons. The van der Waals surface area contributed by atoms with Crippen molar-refractivity contribution >= 4 is 5.97 Å². The van der Waals surface area contributed by atoms with Gasteiger partial charge in [-0.3, -0.25) is 4.98 Å². The Bertz CT molecular complexity index is 411. The molecule has 1 rings (SSSR count). The van der Waals surface area contributed by atoms with Gasteiger partial charge in [0.15, 0.2) is 0 Å². The number of methoxy groups -OCH3 is 1. The van der Waals surface area contributed by atoms with Crippen LogP contribution in [-0.2, 0) is 4.74 Å². The molecular formula is C9H10N4O3. The number of esters is 1. The van der Waals surface area contributed by atoms with Crippen molar-refractivity contribution in [2.75, 3.05) is 13.7 Å². The van der Waals surface area contributed by atoms with Gasteiger partial charge in [0.25, 0.3) is 0 Å². The molecule has 0 bridgehead atoms. The van der Waals surface area contributed by atoms with E-state index in [-0.39, 0.29) is 6.61 Å². The first kappa shape index (κ1) is 12.0. The van der Waals surface area contributed by atoms with E-state index in [1.807, 2.05) is 0 Å². The zero-order valence-electron chi connectivity index (χ0n) is 8.57. The first-order chi connectivity index (χ1) is 7.72. The first-order valence-electron chi connectivity index (χ1n) is 4.42. The molecule has 1 N–H and O–H groups in total. The lowest BCUT2D eigenvalue weighted by Crippen LogP contribution is -2.06. The predicted octanol–water partition coefficient (Wildman–Crippen LogP) is 1.21. The minimum atomic E-state index is -0.739. The van der Waals surface area contributed by atoms with Gasteiger partial charge in [-0.2, -0.15) is 0 Å². The fourth-order valence-electron chi connectivity index (χ4n) is 1.09. The number of azide groups is 1. The topological polar surface area (TPSA) is 108 Å². The van der Waals surface area contributed by atoms with Gasteiger partial charge in [-0.05, 0) is 17.7 Å². The Labute approximate surface area is 91.3 Å². The number of hydrogen-bond acceptors (Lipinski definition) is 5. The van der Waals surface area contributed by atoms with Crippen LogP contribution in [0.2, 0.25) is 0 Å². The Balaban J connectivity index is 2.93. The standard InChI is InChI=1S/C9H10N4O3/c1-16-9(15)6-2-3-7(11-4-6)8(5-14)12-13-10/h2-4,8,14H,5H2,1H3. The van der Waals surface area contributed by atoms with Crippen LogP contribution in [0.3, 0.4) is 0 Å². The van der Waals surface area contributed by atoms with Crippen LogP contribution >= 0.6 is 0 Å². The third-order valence-electron chi connectivity index (χ3n) is 1.91. The van der Waals surface area contributed by atoms with Gasteiger partial charge in [-0.25, -0.2) is 4.79 Å². The summed E-state index contributed by atoms with van der Waals surface area (Å²) in [6.07, 6.45) is 1.30. The highest BCUT2D eigenvalue weighted by atomic mass is 16.5. The lowest BCUT2D eigenvalue weighted by atomic mass is 10.2. The van der Waals surface area contributed by atoms with E-state index in [9.17, 15) is 4.79 Å². The zero-order valence-corrected chi connectivity index (χ0v) is 8.57. The third-order valence-corrected chi connectivity index (χ3v) is 1.91. The Morgan fingerprint density at radius 2 is 2.50 bits per heavy atom. The predicted molar refractivity (Wildman–Crippen MR) is 54.5 cm³/mol. The number of aliphatic hydroxyl groups is 1. The number of carbonyl (C=O) groups is 1. The van der Waals surface area contributed by atoms with Crippen LogP contribution in [0.4, 0.5) is 0 Å². The molecule has 0 spiro atoms. The van der Waals surface area contributed by atoms with Crippen LogP contribution in [0.5, 0.6) is 0 Å². The van der Waals surface area contributed by atoms with Gasteiger partial charge in [0.05, 0.1) is 25.0 Å². The largest absolute Gasteiger partial charge is 0.465 e. The van der Waals surface area contributed by atoms with E-state index in [4.69, 9.17) is 10.6 Å². The zero-order chi connectivity index (χ0) is 12.0. The fraction of sp³-hybridized carbons (Fsp3) is 0.333. The quantitative estimate of drug-likeness (QED) is 0.357. The van der Waals surface area contributed by atoms with Crippen LogP contribution in [0, 0.1) is 0 Å². The van der Waals surface area contributed by atoms with E-state index < -0.39 is 12.0 Å². The van der Waals surface area contributed by atoms with Crippen LogP contribution in [0.1, 0.15) is 22.1 Å². The molecule has 0 aliphatic heterocycles. The van der Waals surface area contributed by atoms with Crippen molar-refractivity contribution in [3.05, 3.63) is 40.0 Å². The van der Waals surface area contributed by atoms with Crippen molar-refractivity contribution in [1.82, 2.24) is 4.98 Å². The summed E-state index contributed by atoms with van der Waals surface area (Å²) in [7, 11) is 1.27. The minimum absolute atomic E-state index is 0.295. The molecule has 1 heterocycles. The molecule has 1 aromatic heterocycles. The second-order valence-electron chi connectivity index (χ2n) is 2.87. The average Bonchev–Trinajstić information content (AvgIpc) is 2.35. The molecule has 7 heteroatoms. The van der Waals surface area contributed by atoms with Crippen molar-refractivity contribution in [2.45, 2.75) is 6.04 Å². The highest BCUT2D eigenvalue weighted by Crippen LogP contribution is 2.14. The Hall–Kier alpha value is -2.11. The summed E-state index contributed by atoms with van der Waals surface area (Å²) in [5.41, 5.74) is 8.95. The molecule has 1 atom stereocenters. The summed E-state index contributed by atoms with van der Waals surface area (Å²) < 4.78 is 4.50. The summed E-state index contributed by atoms with van der Waals surface area (Å²) in [5.74, 6) is -0.497. The van der Waals surface area contributed by atoms with Crippen molar-refractivity contribution in [1.29, 1.82) is 0 Å². The maximum atomic E-state index is 11.1. The van der Waals surface area contributed by atoms with Gasteiger partial charge in [0.2, 0.25) is 0 Å². The Morgan fingerprint density at radius 3 is 2.94 bits per heavy atom. The van der Waals surface area contributed by atoms with E-state index >= 15 is 0 Å². The van der Waals surface area contributed by atoms with Crippen molar-refractivity contribution in [3.8, 4) is 0 Å². The maximum Gasteiger partial charge on any atom is 0.339 e. The van der Waals surface area contributed by atoms with E-state index in [2.05, 4.69) is 19.7 Å². The molecule has 0 aromatic carbocycles. The molecule has 7 nitrogen and oxygen atoms in total. The van der Waals surface area contributed by atoms with Gasteiger partial charge in [0, 0.05) is 11.1 Å². The molecule has 16 heavy (non-hydrogen) atoms.